The summed E-state index contributed by atoms with van der Waals surface area (Å²) in [5.41, 5.74) is 0.665. The molecule has 0 fully saturated rings. The Kier molecular flexibility index (Phi) is 18.4. The maximum Gasteiger partial charge on any atom is -0.0269 e. The molecule has 0 radical (unpaired) electrons. The summed E-state index contributed by atoms with van der Waals surface area (Å²) in [5.74, 6) is 0.980. The number of rotatable bonds is 20. The number of hydrogen-bond acceptors (Lipinski definition) is 0. The van der Waals surface area contributed by atoms with E-state index < -0.39 is 0 Å². The molecule has 0 aromatic carbocycles. The zero-order chi connectivity index (χ0) is 19.5. The van der Waals surface area contributed by atoms with E-state index in [1.807, 2.05) is 0 Å². The average Bonchev–Trinajstić information content (AvgIpc) is 2.65. The van der Waals surface area contributed by atoms with E-state index in [0.717, 1.165) is 5.92 Å². The third-order valence-electron chi connectivity index (χ3n) is 6.85. The van der Waals surface area contributed by atoms with Gasteiger partial charge in [-0.05, 0) is 37.0 Å². The van der Waals surface area contributed by atoms with E-state index in [2.05, 4.69) is 34.6 Å². The highest BCUT2D eigenvalue weighted by Gasteiger charge is 2.35. The van der Waals surface area contributed by atoms with E-state index in [-0.39, 0.29) is 0 Å². The Labute approximate surface area is 168 Å². The molecule has 0 amide bonds. The number of hydrogen-bond donors (Lipinski definition) is 0. The summed E-state index contributed by atoms with van der Waals surface area (Å²) in [7, 11) is 0. The maximum absolute atomic E-state index is 2.49. The van der Waals surface area contributed by atoms with Crippen LogP contribution in [0, 0.1) is 11.3 Å². The molecule has 0 rings (SSSR count). The lowest BCUT2D eigenvalue weighted by atomic mass is 9.63. The highest BCUT2D eigenvalue weighted by atomic mass is 14.4. The van der Waals surface area contributed by atoms with E-state index in [9.17, 15) is 0 Å². The SMILES string of the molecule is CCCCCCCCC(CC)C(CCCC)(CCCCC)CCCCC. The fraction of sp³-hybridized carbons (Fsp3) is 1.00. The first-order valence-electron chi connectivity index (χ1n) is 12.7. The molecule has 0 heterocycles. The van der Waals surface area contributed by atoms with Crippen LogP contribution in [-0.4, -0.2) is 0 Å². The van der Waals surface area contributed by atoms with Gasteiger partial charge in [0.25, 0.3) is 0 Å². The molecular weight excluding hydrogens is 312 g/mol. The Bertz CT molecular complexity index is 257. The van der Waals surface area contributed by atoms with E-state index in [1.165, 1.54) is 122 Å². The van der Waals surface area contributed by atoms with Crippen LogP contribution in [0.15, 0.2) is 0 Å². The molecule has 0 saturated heterocycles. The van der Waals surface area contributed by atoms with Crippen LogP contribution in [0.25, 0.3) is 0 Å². The van der Waals surface area contributed by atoms with E-state index in [4.69, 9.17) is 0 Å². The minimum absolute atomic E-state index is 0.665. The van der Waals surface area contributed by atoms with Crippen LogP contribution >= 0.6 is 0 Å². The van der Waals surface area contributed by atoms with Gasteiger partial charge < -0.3 is 0 Å². The predicted octanol–water partition coefficient (Wildman–Crippen LogP) is 10.1. The van der Waals surface area contributed by atoms with Crippen LogP contribution in [0.2, 0.25) is 0 Å². The normalized spacial score (nSPS) is 13.3. The molecule has 1 atom stereocenters. The first-order chi connectivity index (χ1) is 12.7. The van der Waals surface area contributed by atoms with Crippen molar-refractivity contribution in [1.29, 1.82) is 0 Å². The van der Waals surface area contributed by atoms with Crippen LogP contribution in [0.4, 0.5) is 0 Å². The zero-order valence-corrected chi connectivity index (χ0v) is 19.5. The molecule has 0 bridgehead atoms. The van der Waals surface area contributed by atoms with Crippen molar-refractivity contribution < 1.29 is 0 Å². The fourth-order valence-electron chi connectivity index (χ4n) is 5.08. The molecule has 0 aliphatic rings. The standard InChI is InChI=1S/C26H54/c1-6-11-15-16-17-18-21-25(10-5)26(22-14-9-4,23-19-12-7-2)24-20-13-8-3/h25H,6-24H2,1-5H3. The first-order valence-corrected chi connectivity index (χ1v) is 12.7. The average molecular weight is 367 g/mol. The van der Waals surface area contributed by atoms with Gasteiger partial charge in [-0.2, -0.15) is 0 Å². The summed E-state index contributed by atoms with van der Waals surface area (Å²) in [6.45, 7) is 11.9. The van der Waals surface area contributed by atoms with Crippen LogP contribution in [-0.2, 0) is 0 Å². The van der Waals surface area contributed by atoms with Crippen LogP contribution in [0.1, 0.15) is 157 Å². The summed E-state index contributed by atoms with van der Waals surface area (Å²) >= 11 is 0. The molecule has 1 unspecified atom stereocenters. The molecule has 0 aliphatic heterocycles. The van der Waals surface area contributed by atoms with Gasteiger partial charge in [0.05, 0.1) is 0 Å². The Morgan fingerprint density at radius 2 is 0.885 bits per heavy atom. The monoisotopic (exact) mass is 366 g/mol. The van der Waals surface area contributed by atoms with Crippen LogP contribution in [0.5, 0.6) is 0 Å². The van der Waals surface area contributed by atoms with Gasteiger partial charge in [-0.1, -0.05) is 131 Å². The second-order valence-corrected chi connectivity index (χ2v) is 9.04. The fourth-order valence-corrected chi connectivity index (χ4v) is 5.08. The van der Waals surface area contributed by atoms with Crippen molar-refractivity contribution in [3.8, 4) is 0 Å². The molecule has 0 aromatic rings. The van der Waals surface area contributed by atoms with Gasteiger partial charge in [-0.15, -0.1) is 0 Å². The molecule has 0 nitrogen and oxygen atoms in total. The van der Waals surface area contributed by atoms with Crippen LogP contribution < -0.4 is 0 Å². The Morgan fingerprint density at radius 3 is 1.38 bits per heavy atom. The maximum atomic E-state index is 2.49. The molecule has 158 valence electrons. The largest absolute Gasteiger partial charge is 0.0654 e. The van der Waals surface area contributed by atoms with Gasteiger partial charge >= 0.3 is 0 Å². The third-order valence-corrected chi connectivity index (χ3v) is 6.85. The quantitative estimate of drug-likeness (QED) is 0.188. The van der Waals surface area contributed by atoms with Crippen molar-refractivity contribution in [3.05, 3.63) is 0 Å². The lowest BCUT2D eigenvalue weighted by Gasteiger charge is -2.42. The smallest absolute Gasteiger partial charge is 0.0269 e. The Hall–Kier alpha value is 0. The van der Waals surface area contributed by atoms with Crippen molar-refractivity contribution >= 4 is 0 Å². The molecule has 0 saturated carbocycles. The van der Waals surface area contributed by atoms with Gasteiger partial charge in [0.1, 0.15) is 0 Å². The van der Waals surface area contributed by atoms with Gasteiger partial charge in [0, 0.05) is 0 Å². The lowest BCUT2D eigenvalue weighted by molar-refractivity contribution is 0.0881. The van der Waals surface area contributed by atoms with Gasteiger partial charge in [0.2, 0.25) is 0 Å². The topological polar surface area (TPSA) is 0 Å². The van der Waals surface area contributed by atoms with Gasteiger partial charge in [0.15, 0.2) is 0 Å². The van der Waals surface area contributed by atoms with E-state index >= 15 is 0 Å². The highest BCUT2D eigenvalue weighted by Crippen LogP contribution is 2.47. The minimum Gasteiger partial charge on any atom is -0.0654 e. The second-order valence-electron chi connectivity index (χ2n) is 9.04. The predicted molar refractivity (Wildman–Crippen MR) is 122 cm³/mol. The molecule has 0 aliphatic carbocycles. The third kappa shape index (κ3) is 11.7. The molecule has 26 heavy (non-hydrogen) atoms. The van der Waals surface area contributed by atoms with Crippen molar-refractivity contribution in [2.75, 3.05) is 0 Å². The van der Waals surface area contributed by atoms with Gasteiger partial charge in [-0.25, -0.2) is 0 Å². The molecule has 0 spiro atoms. The Morgan fingerprint density at radius 1 is 0.462 bits per heavy atom. The lowest BCUT2D eigenvalue weighted by Crippen LogP contribution is -2.31. The van der Waals surface area contributed by atoms with Gasteiger partial charge in [-0.3, -0.25) is 0 Å². The number of unbranched alkanes of at least 4 members (excludes halogenated alkanes) is 10. The summed E-state index contributed by atoms with van der Waals surface area (Å²) in [6.07, 6.45) is 27.5. The minimum atomic E-state index is 0.665. The van der Waals surface area contributed by atoms with E-state index in [1.54, 1.807) is 0 Å². The van der Waals surface area contributed by atoms with Crippen molar-refractivity contribution in [1.82, 2.24) is 0 Å². The summed E-state index contributed by atoms with van der Waals surface area (Å²) in [6, 6.07) is 0. The summed E-state index contributed by atoms with van der Waals surface area (Å²) in [4.78, 5) is 0. The van der Waals surface area contributed by atoms with E-state index in [0.29, 0.717) is 5.41 Å². The first kappa shape index (κ1) is 26.0. The molecule has 0 N–H and O–H groups in total. The van der Waals surface area contributed by atoms with Crippen LogP contribution in [0.3, 0.4) is 0 Å². The zero-order valence-electron chi connectivity index (χ0n) is 19.5. The van der Waals surface area contributed by atoms with Crippen molar-refractivity contribution in [3.63, 3.8) is 0 Å². The Balaban J connectivity index is 4.85. The summed E-state index contributed by atoms with van der Waals surface area (Å²) < 4.78 is 0. The second kappa shape index (κ2) is 18.4. The summed E-state index contributed by atoms with van der Waals surface area (Å²) in [5, 5.41) is 0. The van der Waals surface area contributed by atoms with Crippen molar-refractivity contribution in [2.45, 2.75) is 157 Å². The molecular formula is C26H54. The highest BCUT2D eigenvalue weighted by molar-refractivity contribution is 4.86. The van der Waals surface area contributed by atoms with Crippen molar-refractivity contribution in [2.24, 2.45) is 11.3 Å². The molecule has 0 aromatic heterocycles. The molecule has 0 heteroatoms.